The molecule has 0 aromatic heterocycles. The van der Waals surface area contributed by atoms with Crippen LogP contribution in [0, 0.1) is 0 Å². The molecule has 0 saturated heterocycles. The largest absolute Gasteiger partial charge is 0.326 e. The lowest BCUT2D eigenvalue weighted by Crippen LogP contribution is -2.31. The minimum atomic E-state index is -0.196. The van der Waals surface area contributed by atoms with E-state index in [2.05, 4.69) is 21.1 Å². The molecule has 0 unspecified atom stereocenters. The van der Waals surface area contributed by atoms with Gasteiger partial charge in [0, 0.05) is 36.3 Å². The van der Waals surface area contributed by atoms with E-state index in [0.717, 1.165) is 11.4 Å². The number of amides is 2. The maximum absolute atomic E-state index is 12.6. The first kappa shape index (κ1) is 15.9. The number of benzene rings is 1. The molecule has 2 heterocycles. The van der Waals surface area contributed by atoms with Crippen LogP contribution in [0.25, 0.3) is 0 Å². The molecule has 0 aliphatic carbocycles. The number of aliphatic imine (C=N–C) groups is 1. The lowest BCUT2D eigenvalue weighted by atomic mass is 10.2. The zero-order valence-electron chi connectivity index (χ0n) is 13.8. The Morgan fingerprint density at radius 2 is 1.75 bits per heavy atom. The second-order valence-electron chi connectivity index (χ2n) is 5.72. The van der Waals surface area contributed by atoms with Crippen LogP contribution in [0.2, 0.25) is 0 Å². The Kier molecular flexibility index (Phi) is 4.18. The minimum absolute atomic E-state index is 0.134. The molecule has 7 nitrogen and oxygen atoms in total. The van der Waals surface area contributed by atoms with E-state index in [9.17, 15) is 9.59 Å². The van der Waals surface area contributed by atoms with E-state index in [1.54, 1.807) is 24.3 Å². The number of carbonyl (C=O) groups excluding carboxylic acids is 2. The van der Waals surface area contributed by atoms with Crippen molar-refractivity contribution in [2.75, 3.05) is 17.2 Å². The van der Waals surface area contributed by atoms with E-state index in [0.29, 0.717) is 29.3 Å². The monoisotopic (exact) mass is 325 g/mol. The van der Waals surface area contributed by atoms with Gasteiger partial charge in [-0.25, -0.2) is 10.4 Å². The first-order chi connectivity index (χ1) is 11.4. The normalized spacial score (nSPS) is 16.4. The summed E-state index contributed by atoms with van der Waals surface area (Å²) in [4.78, 5) is 28.0. The van der Waals surface area contributed by atoms with E-state index < -0.39 is 0 Å². The minimum Gasteiger partial charge on any atom is -0.326 e. The van der Waals surface area contributed by atoms with Crippen molar-refractivity contribution in [3.63, 3.8) is 0 Å². The van der Waals surface area contributed by atoms with Crippen molar-refractivity contribution in [1.82, 2.24) is 10.4 Å². The molecule has 0 atom stereocenters. The van der Waals surface area contributed by atoms with Crippen LogP contribution >= 0.6 is 0 Å². The van der Waals surface area contributed by atoms with Gasteiger partial charge in [-0.05, 0) is 44.2 Å². The number of nitrogens with one attached hydrogen (secondary N) is 3. The van der Waals surface area contributed by atoms with Gasteiger partial charge in [0.1, 0.15) is 0 Å². The summed E-state index contributed by atoms with van der Waals surface area (Å²) in [6.07, 6.45) is 1.96. The van der Waals surface area contributed by atoms with E-state index in [1.807, 2.05) is 24.9 Å². The zero-order valence-corrected chi connectivity index (χ0v) is 13.8. The molecule has 124 valence electrons. The first-order valence-electron chi connectivity index (χ1n) is 7.63. The Morgan fingerprint density at radius 1 is 1.12 bits per heavy atom. The molecule has 0 spiro atoms. The van der Waals surface area contributed by atoms with Crippen molar-refractivity contribution in [1.29, 1.82) is 0 Å². The van der Waals surface area contributed by atoms with Crippen molar-refractivity contribution in [3.8, 4) is 0 Å². The molecule has 3 rings (SSSR count). The van der Waals surface area contributed by atoms with Gasteiger partial charge in [-0.3, -0.25) is 14.6 Å². The summed E-state index contributed by atoms with van der Waals surface area (Å²) < 4.78 is 0. The van der Waals surface area contributed by atoms with Gasteiger partial charge in [0.15, 0.2) is 5.82 Å². The Labute approximate surface area is 140 Å². The lowest BCUT2D eigenvalue weighted by molar-refractivity contribution is -0.114. The highest BCUT2D eigenvalue weighted by atomic mass is 16.2. The van der Waals surface area contributed by atoms with Gasteiger partial charge >= 0.3 is 0 Å². The molecule has 7 heteroatoms. The van der Waals surface area contributed by atoms with Gasteiger partial charge in [0.05, 0.1) is 5.57 Å². The predicted molar refractivity (Wildman–Crippen MR) is 93.1 cm³/mol. The highest BCUT2D eigenvalue weighted by Crippen LogP contribution is 2.26. The number of nitrogens with zero attached hydrogens (tertiary/aromatic N) is 2. The summed E-state index contributed by atoms with van der Waals surface area (Å²) in [6.45, 7) is 5.74. The second kappa shape index (κ2) is 6.29. The van der Waals surface area contributed by atoms with Crippen molar-refractivity contribution in [2.45, 2.75) is 20.8 Å². The fourth-order valence-corrected chi connectivity index (χ4v) is 2.65. The van der Waals surface area contributed by atoms with Crippen molar-refractivity contribution < 1.29 is 9.59 Å². The molecule has 0 saturated carbocycles. The van der Waals surface area contributed by atoms with Crippen LogP contribution in [-0.4, -0.2) is 29.1 Å². The highest BCUT2D eigenvalue weighted by molar-refractivity contribution is 6.06. The van der Waals surface area contributed by atoms with Crippen molar-refractivity contribution in [2.24, 2.45) is 4.99 Å². The fourth-order valence-electron chi connectivity index (χ4n) is 2.65. The zero-order chi connectivity index (χ0) is 17.3. The van der Waals surface area contributed by atoms with Crippen LogP contribution in [0.5, 0.6) is 0 Å². The summed E-state index contributed by atoms with van der Waals surface area (Å²) >= 11 is 0. The maximum Gasteiger partial charge on any atom is 0.256 e. The number of allylic oxidation sites excluding steroid dienone is 2. The van der Waals surface area contributed by atoms with Crippen LogP contribution in [0.4, 0.5) is 11.4 Å². The summed E-state index contributed by atoms with van der Waals surface area (Å²) in [5.41, 5.74) is 6.95. The molecule has 1 aromatic carbocycles. The fraction of sp³-hybridized carbons (Fsp3) is 0.235. The number of hydrogen-bond acceptors (Lipinski definition) is 5. The topological polar surface area (TPSA) is 85.8 Å². The molecule has 3 N–H and O–H groups in total. The average Bonchev–Trinajstić information content (AvgIpc) is 2.93. The number of hydrogen-bond donors (Lipinski definition) is 3. The van der Waals surface area contributed by atoms with Crippen molar-refractivity contribution >= 4 is 28.9 Å². The molecule has 2 amide bonds. The number of fused-ring (bicyclic) bond motifs is 1. The highest BCUT2D eigenvalue weighted by Gasteiger charge is 2.29. The molecule has 1 aromatic rings. The molecule has 24 heavy (non-hydrogen) atoms. The Morgan fingerprint density at radius 3 is 2.38 bits per heavy atom. The number of anilines is 2. The second-order valence-corrected chi connectivity index (χ2v) is 5.72. The number of rotatable bonds is 3. The smallest absolute Gasteiger partial charge is 0.256 e. The van der Waals surface area contributed by atoms with Crippen molar-refractivity contribution in [3.05, 3.63) is 47.4 Å². The van der Waals surface area contributed by atoms with Crippen LogP contribution in [-0.2, 0) is 9.59 Å². The van der Waals surface area contributed by atoms with Crippen LogP contribution in [0.1, 0.15) is 20.8 Å². The SMILES string of the molecule is CC(=O)Nc1ccc(NC(=O)C2=C3N=C(C)C=C(C)N3NC2)cc1. The molecule has 0 bridgehead atoms. The van der Waals surface area contributed by atoms with Gasteiger partial charge in [0.2, 0.25) is 5.91 Å². The Balaban J connectivity index is 1.76. The number of carbonyl (C=O) groups is 2. The third-order valence-corrected chi connectivity index (χ3v) is 3.69. The maximum atomic E-state index is 12.6. The Bertz CT molecular complexity index is 790. The molecular weight excluding hydrogens is 306 g/mol. The first-order valence-corrected chi connectivity index (χ1v) is 7.63. The van der Waals surface area contributed by atoms with Gasteiger partial charge < -0.3 is 10.6 Å². The van der Waals surface area contributed by atoms with Crippen LogP contribution < -0.4 is 16.1 Å². The molecule has 0 radical (unpaired) electrons. The van der Waals surface area contributed by atoms with Gasteiger partial charge in [-0.15, -0.1) is 0 Å². The number of hydrazine groups is 1. The van der Waals surface area contributed by atoms with Gasteiger partial charge in [0.25, 0.3) is 5.91 Å². The Hall–Kier alpha value is -2.93. The third-order valence-electron chi connectivity index (χ3n) is 3.69. The summed E-state index contributed by atoms with van der Waals surface area (Å²) in [6, 6.07) is 6.97. The van der Waals surface area contributed by atoms with Crippen LogP contribution in [0.3, 0.4) is 0 Å². The van der Waals surface area contributed by atoms with E-state index in [-0.39, 0.29) is 11.8 Å². The predicted octanol–water partition coefficient (Wildman–Crippen LogP) is 1.99. The van der Waals surface area contributed by atoms with E-state index >= 15 is 0 Å². The quantitative estimate of drug-likeness (QED) is 0.793. The molecule has 2 aliphatic rings. The molecule has 0 fully saturated rings. The lowest BCUT2D eigenvalue weighted by Gasteiger charge is -2.23. The van der Waals surface area contributed by atoms with Crippen LogP contribution in [0.15, 0.2) is 52.4 Å². The summed E-state index contributed by atoms with van der Waals surface area (Å²) in [5, 5.41) is 7.37. The van der Waals surface area contributed by atoms with E-state index in [1.165, 1.54) is 6.92 Å². The van der Waals surface area contributed by atoms with Gasteiger partial charge in [-0.1, -0.05) is 0 Å². The summed E-state index contributed by atoms with van der Waals surface area (Å²) in [7, 11) is 0. The van der Waals surface area contributed by atoms with E-state index in [4.69, 9.17) is 0 Å². The standard InChI is InChI=1S/C17H19N5O2/c1-10-8-11(2)22-16(19-10)15(9-18-22)17(24)21-14-6-4-13(5-7-14)20-12(3)23/h4-8,18H,9H2,1-3H3,(H,20,23)(H,21,24). The average molecular weight is 325 g/mol. The third kappa shape index (κ3) is 3.21. The van der Waals surface area contributed by atoms with Gasteiger partial charge in [-0.2, -0.15) is 0 Å². The summed E-state index contributed by atoms with van der Waals surface area (Å²) in [5.74, 6) is 0.309. The molecule has 2 aliphatic heterocycles. The molecular formula is C17H19N5O2.